The van der Waals surface area contributed by atoms with Gasteiger partial charge in [0.2, 0.25) is 0 Å². The summed E-state index contributed by atoms with van der Waals surface area (Å²) in [6, 6.07) is 6.03. The second-order valence-electron chi connectivity index (χ2n) is 9.81. The van der Waals surface area contributed by atoms with Crippen LogP contribution in [0.3, 0.4) is 0 Å². The molecule has 9 heteroatoms. The molecule has 5 rings (SSSR count). The predicted octanol–water partition coefficient (Wildman–Crippen LogP) is 5.48. The van der Waals surface area contributed by atoms with Crippen molar-refractivity contribution in [3.63, 3.8) is 0 Å². The van der Waals surface area contributed by atoms with Crippen LogP contribution in [0, 0.1) is 6.92 Å². The topological polar surface area (TPSA) is 65.2 Å². The first-order valence-corrected chi connectivity index (χ1v) is 11.9. The molecule has 0 bridgehead atoms. The lowest BCUT2D eigenvalue weighted by atomic mass is 10.0. The molecule has 1 aliphatic heterocycles. The van der Waals surface area contributed by atoms with E-state index in [1.54, 1.807) is 16.0 Å². The van der Waals surface area contributed by atoms with E-state index in [1.165, 1.54) is 4.90 Å². The number of rotatable bonds is 2. The number of ether oxygens (including phenoxy) is 1. The Morgan fingerprint density at radius 1 is 1.18 bits per heavy atom. The van der Waals surface area contributed by atoms with Gasteiger partial charge in [-0.3, -0.25) is 9.36 Å². The number of nitrogens with zero attached hydrogens (tertiary/aromatic N) is 5. The van der Waals surface area contributed by atoms with Gasteiger partial charge >= 0.3 is 6.09 Å². The second-order valence-corrected chi connectivity index (χ2v) is 10.8. The Hall–Kier alpha value is -2.94. The van der Waals surface area contributed by atoms with Crippen LogP contribution >= 0.6 is 11.3 Å². The molecule has 0 spiro atoms. The Bertz CT molecular complexity index is 1320. The van der Waals surface area contributed by atoms with Crippen LogP contribution in [-0.4, -0.2) is 55.4 Å². The second kappa shape index (κ2) is 7.83. The maximum absolute atomic E-state index is 15.0. The molecule has 1 amide bonds. The molecule has 1 aromatic carbocycles. The Morgan fingerprint density at radius 2 is 1.97 bits per heavy atom. The molecular weight excluding hydrogens is 441 g/mol. The van der Waals surface area contributed by atoms with E-state index in [1.807, 2.05) is 44.9 Å². The van der Waals surface area contributed by atoms with Gasteiger partial charge in [0.25, 0.3) is 0 Å². The molecule has 2 atom stereocenters. The van der Waals surface area contributed by atoms with Gasteiger partial charge in [0, 0.05) is 41.6 Å². The molecule has 1 aliphatic rings. The normalized spacial score (nSPS) is 19.5. The first-order chi connectivity index (χ1) is 15.6. The zero-order valence-corrected chi connectivity index (χ0v) is 20.3. The van der Waals surface area contributed by atoms with Gasteiger partial charge in [-0.05, 0) is 63.4 Å². The van der Waals surface area contributed by atoms with E-state index in [2.05, 4.69) is 30.2 Å². The highest BCUT2D eigenvalue weighted by atomic mass is 32.1. The minimum absolute atomic E-state index is 0.0166. The first-order valence-electron chi connectivity index (χ1n) is 11.1. The van der Waals surface area contributed by atoms with Gasteiger partial charge < -0.3 is 9.64 Å². The Kier molecular flexibility index (Phi) is 5.19. The van der Waals surface area contributed by atoms with Crippen molar-refractivity contribution < 1.29 is 13.9 Å². The maximum Gasteiger partial charge on any atom is 0.410 e. The van der Waals surface area contributed by atoms with Crippen molar-refractivity contribution in [3.8, 4) is 10.4 Å². The summed E-state index contributed by atoms with van der Waals surface area (Å²) < 4.78 is 24.0. The lowest BCUT2D eigenvalue weighted by molar-refractivity contribution is 0.00581. The fourth-order valence-corrected chi connectivity index (χ4v) is 5.40. The van der Waals surface area contributed by atoms with Gasteiger partial charge in [0.05, 0.1) is 18.1 Å². The average molecular weight is 470 g/mol. The number of thiophene rings is 1. The number of benzene rings is 1. The van der Waals surface area contributed by atoms with Crippen molar-refractivity contribution in [2.45, 2.75) is 51.9 Å². The SMILES string of the molecule is Cc1cc(-c2cc3cn([C@@H]4CCN(C(=O)OC(C)(C)C)C[C@@H]4F)nc3s2)cc2cn(C)nc12. The van der Waals surface area contributed by atoms with E-state index in [0.29, 0.717) is 13.0 Å². The zero-order chi connectivity index (χ0) is 23.5. The van der Waals surface area contributed by atoms with E-state index < -0.39 is 17.9 Å². The summed E-state index contributed by atoms with van der Waals surface area (Å²) in [5.74, 6) is 0. The molecule has 0 saturated carbocycles. The molecule has 1 saturated heterocycles. The first kappa shape index (κ1) is 21.9. The number of carbonyl (C=O) groups is 1. The molecule has 3 aromatic heterocycles. The Morgan fingerprint density at radius 3 is 2.67 bits per heavy atom. The van der Waals surface area contributed by atoms with Gasteiger partial charge in [-0.2, -0.15) is 10.2 Å². The van der Waals surface area contributed by atoms with Crippen molar-refractivity contribution in [1.29, 1.82) is 0 Å². The van der Waals surface area contributed by atoms with Crippen molar-refractivity contribution in [2.24, 2.45) is 7.05 Å². The van der Waals surface area contributed by atoms with Gasteiger partial charge in [0.1, 0.15) is 16.6 Å². The van der Waals surface area contributed by atoms with Gasteiger partial charge in [0.15, 0.2) is 0 Å². The van der Waals surface area contributed by atoms with Crippen molar-refractivity contribution >= 4 is 38.5 Å². The molecule has 0 N–H and O–H groups in total. The number of halogens is 1. The molecule has 7 nitrogen and oxygen atoms in total. The summed E-state index contributed by atoms with van der Waals surface area (Å²) >= 11 is 1.61. The van der Waals surface area contributed by atoms with E-state index in [9.17, 15) is 4.79 Å². The highest BCUT2D eigenvalue weighted by Crippen LogP contribution is 2.36. The number of fused-ring (bicyclic) bond motifs is 2. The van der Waals surface area contributed by atoms with E-state index in [4.69, 9.17) is 9.84 Å². The van der Waals surface area contributed by atoms with Crippen molar-refractivity contribution in [1.82, 2.24) is 24.5 Å². The number of hydrogen-bond donors (Lipinski definition) is 0. The molecule has 4 aromatic rings. The van der Waals surface area contributed by atoms with Crippen LogP contribution in [0.25, 0.3) is 31.6 Å². The number of likely N-dealkylation sites (tertiary alicyclic amines) is 1. The largest absolute Gasteiger partial charge is 0.444 e. The van der Waals surface area contributed by atoms with Crippen LogP contribution in [0.5, 0.6) is 0 Å². The summed E-state index contributed by atoms with van der Waals surface area (Å²) in [6.45, 7) is 7.97. The lowest BCUT2D eigenvalue weighted by Crippen LogP contribution is -2.47. The predicted molar refractivity (Wildman–Crippen MR) is 128 cm³/mol. The molecule has 174 valence electrons. The molecule has 4 heterocycles. The molecule has 0 radical (unpaired) electrons. The van der Waals surface area contributed by atoms with Crippen LogP contribution in [0.1, 0.15) is 38.8 Å². The number of amides is 1. The molecule has 1 fully saturated rings. The standard InChI is InChI=1S/C24H28FN5O2S/c1-14-8-15(9-16-11-28(5)26-21(14)16)20-10-17-12-30(27-22(17)33-20)19-6-7-29(13-18(19)25)23(31)32-24(2,3)4/h8-12,18-19H,6-7,13H2,1-5H3/t18-,19+/m0/s1. The molecule has 0 aliphatic carbocycles. The minimum Gasteiger partial charge on any atom is -0.444 e. The molecule has 0 unspecified atom stereocenters. The summed E-state index contributed by atoms with van der Waals surface area (Å²) in [5, 5.41) is 11.3. The van der Waals surface area contributed by atoms with E-state index >= 15 is 4.39 Å². The van der Waals surface area contributed by atoms with Gasteiger partial charge in [-0.15, -0.1) is 11.3 Å². The van der Waals surface area contributed by atoms with Crippen LogP contribution in [0.4, 0.5) is 9.18 Å². The summed E-state index contributed by atoms with van der Waals surface area (Å²) in [7, 11) is 1.93. The number of alkyl halides is 1. The minimum atomic E-state index is -1.20. The van der Waals surface area contributed by atoms with Gasteiger partial charge in [-0.1, -0.05) is 0 Å². The number of aromatic nitrogens is 4. The van der Waals surface area contributed by atoms with Crippen molar-refractivity contribution in [2.75, 3.05) is 13.1 Å². The summed E-state index contributed by atoms with van der Waals surface area (Å²) in [6.07, 6.45) is 2.78. The lowest BCUT2D eigenvalue weighted by Gasteiger charge is -2.35. The van der Waals surface area contributed by atoms with E-state index in [-0.39, 0.29) is 12.6 Å². The average Bonchev–Trinajstić information content (AvgIpc) is 3.38. The molecule has 33 heavy (non-hydrogen) atoms. The summed E-state index contributed by atoms with van der Waals surface area (Å²) in [4.78, 5) is 15.8. The number of carbonyl (C=O) groups excluding carboxylic acids is 1. The molecular formula is C24H28FN5O2S. The third kappa shape index (κ3) is 4.21. The van der Waals surface area contributed by atoms with Crippen LogP contribution < -0.4 is 0 Å². The Balaban J connectivity index is 1.34. The summed E-state index contributed by atoms with van der Waals surface area (Å²) in [5.41, 5.74) is 2.69. The van der Waals surface area contributed by atoms with Crippen molar-refractivity contribution in [3.05, 3.63) is 36.2 Å². The number of aryl methyl sites for hydroxylation is 2. The smallest absolute Gasteiger partial charge is 0.410 e. The number of piperidine rings is 1. The quantitative estimate of drug-likeness (QED) is 0.390. The highest BCUT2D eigenvalue weighted by Gasteiger charge is 2.35. The van der Waals surface area contributed by atoms with Crippen LogP contribution in [0.15, 0.2) is 30.6 Å². The van der Waals surface area contributed by atoms with E-state index in [0.717, 1.165) is 37.1 Å². The third-order valence-electron chi connectivity index (χ3n) is 5.91. The highest BCUT2D eigenvalue weighted by molar-refractivity contribution is 7.21. The Labute approximate surface area is 195 Å². The van der Waals surface area contributed by atoms with Crippen LogP contribution in [-0.2, 0) is 11.8 Å². The zero-order valence-electron chi connectivity index (χ0n) is 19.5. The van der Waals surface area contributed by atoms with Gasteiger partial charge in [-0.25, -0.2) is 9.18 Å². The number of hydrogen-bond acceptors (Lipinski definition) is 5. The van der Waals surface area contributed by atoms with Crippen LogP contribution in [0.2, 0.25) is 0 Å². The monoisotopic (exact) mass is 469 g/mol. The third-order valence-corrected chi connectivity index (χ3v) is 7.00. The fourth-order valence-electron chi connectivity index (χ4n) is 4.41. The fraction of sp³-hybridized carbons (Fsp3) is 0.458. The maximum atomic E-state index is 15.0.